The Bertz CT molecular complexity index is 232. The molecule has 1 heterocycles. The molecular formula is C8H10ClN3. The molecule has 1 N–H and O–H groups in total. The van der Waals surface area contributed by atoms with Gasteiger partial charge in [0.15, 0.2) is 0 Å². The minimum absolute atomic E-state index is 0. The van der Waals surface area contributed by atoms with Gasteiger partial charge in [-0.3, -0.25) is 0 Å². The molecule has 0 unspecified atom stereocenters. The summed E-state index contributed by atoms with van der Waals surface area (Å²) in [6.07, 6.45) is 1.69. The minimum Gasteiger partial charge on any atom is -0.316 e. The van der Waals surface area contributed by atoms with Gasteiger partial charge in [0.1, 0.15) is 17.7 Å². The molecule has 1 rings (SSSR count). The first-order valence-electron chi connectivity index (χ1n) is 3.61. The molecule has 0 bridgehead atoms. The zero-order valence-corrected chi connectivity index (χ0v) is 7.45. The first-order chi connectivity index (χ1) is 5.38. The van der Waals surface area contributed by atoms with Crippen LogP contribution in [0, 0.1) is 22.7 Å². The Hall–Kier alpha value is -1.03. The number of hydrogen-bond donors (Lipinski definition) is 1. The molecule has 0 aliphatic carbocycles. The predicted octanol–water partition coefficient (Wildman–Crippen LogP) is 1.14. The molecule has 0 aromatic rings. The first kappa shape index (κ1) is 11.0. The van der Waals surface area contributed by atoms with E-state index < -0.39 is 0 Å². The van der Waals surface area contributed by atoms with Gasteiger partial charge >= 0.3 is 0 Å². The normalized spacial score (nSPS) is 15.3. The van der Waals surface area contributed by atoms with Crippen molar-refractivity contribution in [2.45, 2.75) is 12.8 Å². The highest BCUT2D eigenvalue weighted by Gasteiger charge is 2.09. The van der Waals surface area contributed by atoms with Crippen molar-refractivity contribution in [2.75, 3.05) is 13.1 Å². The van der Waals surface area contributed by atoms with Crippen LogP contribution in [-0.2, 0) is 0 Å². The average Bonchev–Trinajstić information content (AvgIpc) is 2.09. The predicted molar refractivity (Wildman–Crippen MR) is 47.6 cm³/mol. The van der Waals surface area contributed by atoms with Gasteiger partial charge in [0.25, 0.3) is 0 Å². The number of piperidine rings is 1. The summed E-state index contributed by atoms with van der Waals surface area (Å²) in [6.45, 7) is 1.78. The summed E-state index contributed by atoms with van der Waals surface area (Å²) >= 11 is 0. The van der Waals surface area contributed by atoms with Gasteiger partial charge in [0, 0.05) is 0 Å². The van der Waals surface area contributed by atoms with E-state index in [4.69, 9.17) is 10.5 Å². The maximum absolute atomic E-state index is 8.53. The number of allylic oxidation sites excluding steroid dienone is 1. The van der Waals surface area contributed by atoms with E-state index in [1.807, 2.05) is 12.1 Å². The lowest BCUT2D eigenvalue weighted by molar-refractivity contribution is 0.608. The van der Waals surface area contributed by atoms with E-state index in [9.17, 15) is 0 Å². The van der Waals surface area contributed by atoms with Crippen LogP contribution in [0.25, 0.3) is 0 Å². The lowest BCUT2D eigenvalue weighted by Crippen LogP contribution is -2.23. The molecular weight excluding hydrogens is 174 g/mol. The molecule has 4 heteroatoms. The summed E-state index contributed by atoms with van der Waals surface area (Å²) in [6, 6.07) is 3.82. The molecule has 0 aromatic heterocycles. The van der Waals surface area contributed by atoms with Crippen molar-refractivity contribution < 1.29 is 0 Å². The molecule has 0 spiro atoms. The lowest BCUT2D eigenvalue weighted by Gasteiger charge is -2.14. The highest BCUT2D eigenvalue weighted by atomic mass is 35.5. The second-order valence-corrected chi connectivity index (χ2v) is 2.45. The Morgan fingerprint density at radius 3 is 2.08 bits per heavy atom. The maximum atomic E-state index is 8.53. The Kier molecular flexibility index (Phi) is 5.12. The molecule has 3 nitrogen and oxygen atoms in total. The first-order valence-corrected chi connectivity index (χ1v) is 3.61. The second-order valence-electron chi connectivity index (χ2n) is 2.45. The SMILES string of the molecule is Cl.N#CC(C#N)=C1CCNCC1. The van der Waals surface area contributed by atoms with Gasteiger partial charge in [-0.1, -0.05) is 0 Å². The van der Waals surface area contributed by atoms with Gasteiger partial charge in [-0.05, 0) is 31.5 Å². The maximum Gasteiger partial charge on any atom is 0.128 e. The van der Waals surface area contributed by atoms with Gasteiger partial charge in [0.2, 0.25) is 0 Å². The van der Waals surface area contributed by atoms with Gasteiger partial charge < -0.3 is 5.32 Å². The zero-order chi connectivity index (χ0) is 8.10. The highest BCUT2D eigenvalue weighted by Crippen LogP contribution is 2.14. The van der Waals surface area contributed by atoms with E-state index in [2.05, 4.69) is 5.32 Å². The van der Waals surface area contributed by atoms with Crippen LogP contribution < -0.4 is 5.32 Å². The quantitative estimate of drug-likeness (QED) is 0.573. The third-order valence-electron chi connectivity index (χ3n) is 1.78. The lowest BCUT2D eigenvalue weighted by atomic mass is 10.0. The monoisotopic (exact) mass is 183 g/mol. The van der Waals surface area contributed by atoms with E-state index in [-0.39, 0.29) is 12.4 Å². The zero-order valence-electron chi connectivity index (χ0n) is 6.63. The van der Waals surface area contributed by atoms with Crippen molar-refractivity contribution >= 4 is 12.4 Å². The molecule has 1 fully saturated rings. The van der Waals surface area contributed by atoms with Crippen molar-refractivity contribution in [3.05, 3.63) is 11.1 Å². The third-order valence-corrected chi connectivity index (χ3v) is 1.78. The Labute approximate surface area is 78.1 Å². The fourth-order valence-corrected chi connectivity index (χ4v) is 1.16. The standard InChI is InChI=1S/C8H9N3.ClH/c9-5-8(6-10)7-1-3-11-4-2-7;/h11H,1-4H2;1H. The van der Waals surface area contributed by atoms with Crippen LogP contribution in [0.3, 0.4) is 0 Å². The smallest absolute Gasteiger partial charge is 0.128 e. The Morgan fingerprint density at radius 2 is 1.67 bits per heavy atom. The second kappa shape index (κ2) is 5.60. The van der Waals surface area contributed by atoms with Crippen LogP contribution >= 0.6 is 12.4 Å². The topological polar surface area (TPSA) is 59.6 Å². The molecule has 1 saturated heterocycles. The van der Waals surface area contributed by atoms with Crippen LogP contribution in [0.5, 0.6) is 0 Å². The van der Waals surface area contributed by atoms with Crippen molar-refractivity contribution in [2.24, 2.45) is 0 Å². The summed E-state index contributed by atoms with van der Waals surface area (Å²) < 4.78 is 0. The molecule has 0 radical (unpaired) electrons. The van der Waals surface area contributed by atoms with E-state index in [1.54, 1.807) is 0 Å². The average molecular weight is 184 g/mol. The summed E-state index contributed by atoms with van der Waals surface area (Å²) in [4.78, 5) is 0. The molecule has 1 aliphatic heterocycles. The fourth-order valence-electron chi connectivity index (χ4n) is 1.16. The van der Waals surface area contributed by atoms with Gasteiger partial charge in [-0.15, -0.1) is 12.4 Å². The van der Waals surface area contributed by atoms with Crippen LogP contribution in [0.15, 0.2) is 11.1 Å². The van der Waals surface area contributed by atoms with Gasteiger partial charge in [-0.25, -0.2) is 0 Å². The van der Waals surface area contributed by atoms with Crippen molar-refractivity contribution in [3.63, 3.8) is 0 Å². The number of nitrogens with zero attached hydrogens (tertiary/aromatic N) is 2. The van der Waals surface area contributed by atoms with Crippen molar-refractivity contribution in [1.82, 2.24) is 5.32 Å². The fraction of sp³-hybridized carbons (Fsp3) is 0.500. The summed E-state index contributed by atoms with van der Waals surface area (Å²) in [5, 5.41) is 20.2. The van der Waals surface area contributed by atoms with Gasteiger partial charge in [-0.2, -0.15) is 10.5 Å². The molecule has 0 aromatic carbocycles. The largest absolute Gasteiger partial charge is 0.316 e. The minimum atomic E-state index is 0. The number of rotatable bonds is 0. The van der Waals surface area contributed by atoms with Crippen LogP contribution in [0.2, 0.25) is 0 Å². The van der Waals surface area contributed by atoms with Crippen LogP contribution in [-0.4, -0.2) is 13.1 Å². The summed E-state index contributed by atoms with van der Waals surface area (Å²) in [5.41, 5.74) is 1.32. The molecule has 0 amide bonds. The number of nitriles is 2. The van der Waals surface area contributed by atoms with E-state index in [1.165, 1.54) is 0 Å². The van der Waals surface area contributed by atoms with Gasteiger partial charge in [0.05, 0.1) is 0 Å². The van der Waals surface area contributed by atoms with Crippen LogP contribution in [0.1, 0.15) is 12.8 Å². The number of halogens is 1. The number of nitrogens with one attached hydrogen (secondary N) is 1. The van der Waals surface area contributed by atoms with Crippen LogP contribution in [0.4, 0.5) is 0 Å². The van der Waals surface area contributed by atoms with E-state index in [0.717, 1.165) is 31.5 Å². The Morgan fingerprint density at radius 1 is 1.17 bits per heavy atom. The van der Waals surface area contributed by atoms with Crippen molar-refractivity contribution in [3.8, 4) is 12.1 Å². The molecule has 1 aliphatic rings. The number of hydrogen-bond acceptors (Lipinski definition) is 3. The van der Waals surface area contributed by atoms with Crippen molar-refractivity contribution in [1.29, 1.82) is 10.5 Å². The summed E-state index contributed by atoms with van der Waals surface area (Å²) in [5.74, 6) is 0. The Balaban J connectivity index is 0.00000121. The highest BCUT2D eigenvalue weighted by molar-refractivity contribution is 5.85. The molecule has 64 valence electrons. The third kappa shape index (κ3) is 2.54. The van der Waals surface area contributed by atoms with E-state index >= 15 is 0 Å². The van der Waals surface area contributed by atoms with E-state index in [0.29, 0.717) is 5.57 Å². The molecule has 0 atom stereocenters. The molecule has 0 saturated carbocycles. The molecule has 12 heavy (non-hydrogen) atoms. The summed E-state index contributed by atoms with van der Waals surface area (Å²) in [7, 11) is 0.